The van der Waals surface area contributed by atoms with E-state index < -0.39 is 5.97 Å². The summed E-state index contributed by atoms with van der Waals surface area (Å²) in [6.45, 7) is 0. The number of benzene rings is 1. The van der Waals surface area contributed by atoms with Crippen molar-refractivity contribution >= 4 is 22.4 Å². The Labute approximate surface area is 137 Å². The van der Waals surface area contributed by atoms with E-state index in [0.717, 1.165) is 10.8 Å². The third-order valence-electron chi connectivity index (χ3n) is 3.73. The van der Waals surface area contributed by atoms with Crippen LogP contribution in [0.4, 0.5) is 5.69 Å². The molecule has 0 aliphatic carbocycles. The van der Waals surface area contributed by atoms with Gasteiger partial charge in [0.25, 0.3) is 0 Å². The van der Waals surface area contributed by atoms with Gasteiger partial charge in [0.15, 0.2) is 5.69 Å². The molecule has 0 saturated heterocycles. The number of ether oxygens (including phenoxy) is 2. The molecule has 1 aromatic carbocycles. The molecule has 7 heteroatoms. The number of nitrogens with two attached hydrogens (primary N) is 1. The highest BCUT2D eigenvalue weighted by atomic mass is 16.5. The van der Waals surface area contributed by atoms with E-state index in [1.165, 1.54) is 25.0 Å². The smallest absolute Gasteiger partial charge is 0.357 e. The molecule has 3 rings (SSSR count). The van der Waals surface area contributed by atoms with Crippen molar-refractivity contribution in [3.63, 3.8) is 0 Å². The number of methoxy groups -OCH3 is 2. The first kappa shape index (κ1) is 15.4. The molecule has 2 aromatic heterocycles. The Morgan fingerprint density at radius 1 is 1.33 bits per heavy atom. The van der Waals surface area contributed by atoms with Gasteiger partial charge >= 0.3 is 5.97 Å². The molecule has 120 valence electrons. The SMILES string of the molecule is COC(=O)c1c(N)c(C#N)cn1-c1ccc2ccnc(OC)c2c1. The van der Waals surface area contributed by atoms with Gasteiger partial charge in [-0.2, -0.15) is 5.26 Å². The molecule has 0 amide bonds. The van der Waals surface area contributed by atoms with Crippen LogP contribution in [0.3, 0.4) is 0 Å². The van der Waals surface area contributed by atoms with Crippen molar-refractivity contribution in [1.29, 1.82) is 5.26 Å². The molecule has 0 unspecified atom stereocenters. The first-order valence-corrected chi connectivity index (χ1v) is 7.03. The average molecular weight is 322 g/mol. The van der Waals surface area contributed by atoms with Crippen LogP contribution in [0.15, 0.2) is 36.7 Å². The van der Waals surface area contributed by atoms with Crippen molar-refractivity contribution in [3.8, 4) is 17.6 Å². The van der Waals surface area contributed by atoms with Crippen molar-refractivity contribution in [2.45, 2.75) is 0 Å². The number of anilines is 1. The molecule has 0 fully saturated rings. The number of nitrogens with zero attached hydrogens (tertiary/aromatic N) is 3. The van der Waals surface area contributed by atoms with E-state index in [1.54, 1.807) is 6.20 Å². The summed E-state index contributed by atoms with van der Waals surface area (Å²) in [5.74, 6) is -0.151. The van der Waals surface area contributed by atoms with E-state index in [4.69, 9.17) is 15.2 Å². The molecular formula is C17H14N4O3. The molecule has 7 nitrogen and oxygen atoms in total. The summed E-state index contributed by atoms with van der Waals surface area (Å²) in [7, 11) is 2.80. The van der Waals surface area contributed by atoms with E-state index in [-0.39, 0.29) is 16.9 Å². The minimum atomic E-state index is -0.618. The average Bonchev–Trinajstić information content (AvgIpc) is 2.96. The topological polar surface area (TPSA) is 103 Å². The Morgan fingerprint density at radius 2 is 2.12 bits per heavy atom. The molecule has 24 heavy (non-hydrogen) atoms. The van der Waals surface area contributed by atoms with Gasteiger partial charge in [-0.15, -0.1) is 0 Å². The standard InChI is InChI=1S/C17H14N4O3/c1-23-16-13-7-12(4-3-10(13)5-6-20-16)21-9-11(8-18)14(19)15(21)17(22)24-2/h3-7,9H,19H2,1-2H3. The normalized spacial score (nSPS) is 10.4. The highest BCUT2D eigenvalue weighted by Crippen LogP contribution is 2.29. The first-order chi connectivity index (χ1) is 11.6. The molecule has 0 aliphatic rings. The number of hydrogen-bond acceptors (Lipinski definition) is 6. The third-order valence-corrected chi connectivity index (χ3v) is 3.73. The maximum Gasteiger partial charge on any atom is 0.357 e. The zero-order valence-electron chi connectivity index (χ0n) is 13.1. The van der Waals surface area contributed by atoms with E-state index in [1.807, 2.05) is 30.3 Å². The molecule has 0 radical (unpaired) electrons. The van der Waals surface area contributed by atoms with Crippen LogP contribution in [-0.2, 0) is 4.74 Å². The Kier molecular flexibility index (Phi) is 3.80. The molecule has 0 saturated carbocycles. The lowest BCUT2D eigenvalue weighted by Gasteiger charge is -2.10. The highest BCUT2D eigenvalue weighted by Gasteiger charge is 2.22. The van der Waals surface area contributed by atoms with Crippen molar-refractivity contribution in [2.75, 3.05) is 20.0 Å². The molecule has 2 N–H and O–H groups in total. The minimum absolute atomic E-state index is 0.0857. The lowest BCUT2D eigenvalue weighted by atomic mass is 10.1. The summed E-state index contributed by atoms with van der Waals surface area (Å²) >= 11 is 0. The van der Waals surface area contributed by atoms with Crippen LogP contribution >= 0.6 is 0 Å². The van der Waals surface area contributed by atoms with Gasteiger partial charge < -0.3 is 19.8 Å². The molecule has 2 heterocycles. The van der Waals surface area contributed by atoms with E-state index in [0.29, 0.717) is 11.6 Å². The van der Waals surface area contributed by atoms with Crippen molar-refractivity contribution < 1.29 is 14.3 Å². The number of pyridine rings is 1. The zero-order chi connectivity index (χ0) is 17.3. The molecular weight excluding hydrogens is 308 g/mol. The molecule has 3 aromatic rings. The van der Waals surface area contributed by atoms with Gasteiger partial charge in [0, 0.05) is 23.5 Å². The van der Waals surface area contributed by atoms with Crippen LogP contribution in [0.5, 0.6) is 5.88 Å². The number of hydrogen-bond donors (Lipinski definition) is 1. The summed E-state index contributed by atoms with van der Waals surface area (Å²) in [6, 6.07) is 9.33. The van der Waals surface area contributed by atoms with Gasteiger partial charge in [-0.1, -0.05) is 6.07 Å². The Morgan fingerprint density at radius 3 is 2.79 bits per heavy atom. The number of carbonyl (C=O) groups is 1. The van der Waals surface area contributed by atoms with Gasteiger partial charge in [-0.3, -0.25) is 0 Å². The lowest BCUT2D eigenvalue weighted by molar-refractivity contribution is 0.0593. The second-order valence-corrected chi connectivity index (χ2v) is 5.00. The van der Waals surface area contributed by atoms with Crippen molar-refractivity contribution in [1.82, 2.24) is 9.55 Å². The second kappa shape index (κ2) is 5.93. The Balaban J connectivity index is 2.28. The number of aromatic nitrogens is 2. The second-order valence-electron chi connectivity index (χ2n) is 5.00. The molecule has 0 bridgehead atoms. The number of carbonyl (C=O) groups excluding carboxylic acids is 1. The number of fused-ring (bicyclic) bond motifs is 1. The summed E-state index contributed by atoms with van der Waals surface area (Å²) in [4.78, 5) is 16.2. The van der Waals surface area contributed by atoms with Gasteiger partial charge in [0.05, 0.1) is 25.5 Å². The summed E-state index contributed by atoms with van der Waals surface area (Å²) in [5, 5.41) is 10.9. The predicted octanol–water partition coefficient (Wildman–Crippen LogP) is 2.27. The number of esters is 1. The number of rotatable bonds is 3. The quantitative estimate of drug-likeness (QED) is 0.742. The molecule has 0 atom stereocenters. The maximum absolute atomic E-state index is 12.1. The van der Waals surface area contributed by atoms with E-state index >= 15 is 0 Å². The summed E-state index contributed by atoms with van der Waals surface area (Å²) in [5.41, 5.74) is 6.95. The molecule has 0 aliphatic heterocycles. The highest BCUT2D eigenvalue weighted by molar-refractivity contribution is 5.96. The van der Waals surface area contributed by atoms with Crippen LogP contribution in [0, 0.1) is 11.3 Å². The Bertz CT molecular complexity index is 985. The van der Waals surface area contributed by atoms with Crippen molar-refractivity contribution in [3.05, 3.63) is 47.9 Å². The van der Waals surface area contributed by atoms with Gasteiger partial charge in [-0.05, 0) is 23.6 Å². The molecule has 0 spiro atoms. The largest absolute Gasteiger partial charge is 0.481 e. The van der Waals surface area contributed by atoms with E-state index in [9.17, 15) is 10.1 Å². The van der Waals surface area contributed by atoms with Crippen LogP contribution in [0.1, 0.15) is 16.1 Å². The van der Waals surface area contributed by atoms with Crippen LogP contribution in [0.25, 0.3) is 16.5 Å². The van der Waals surface area contributed by atoms with Crippen molar-refractivity contribution in [2.24, 2.45) is 0 Å². The van der Waals surface area contributed by atoms with Gasteiger partial charge in [0.2, 0.25) is 5.88 Å². The Hall–Kier alpha value is -3.53. The fourth-order valence-corrected chi connectivity index (χ4v) is 2.56. The maximum atomic E-state index is 12.1. The first-order valence-electron chi connectivity index (χ1n) is 7.03. The summed E-state index contributed by atoms with van der Waals surface area (Å²) < 4.78 is 11.6. The van der Waals surface area contributed by atoms with Gasteiger partial charge in [0.1, 0.15) is 6.07 Å². The number of nitrogen functional groups attached to an aromatic ring is 1. The fraction of sp³-hybridized carbons (Fsp3) is 0.118. The summed E-state index contributed by atoms with van der Waals surface area (Å²) in [6.07, 6.45) is 3.16. The fourth-order valence-electron chi connectivity index (χ4n) is 2.56. The van der Waals surface area contributed by atoms with Crippen LogP contribution in [0.2, 0.25) is 0 Å². The van der Waals surface area contributed by atoms with Gasteiger partial charge in [-0.25, -0.2) is 9.78 Å². The predicted molar refractivity (Wildman–Crippen MR) is 88.1 cm³/mol. The lowest BCUT2D eigenvalue weighted by Crippen LogP contribution is -2.11. The zero-order valence-corrected chi connectivity index (χ0v) is 13.1. The third kappa shape index (κ3) is 2.30. The monoisotopic (exact) mass is 322 g/mol. The van der Waals surface area contributed by atoms with E-state index in [2.05, 4.69) is 4.98 Å². The minimum Gasteiger partial charge on any atom is -0.481 e. The van der Waals surface area contributed by atoms with Crippen LogP contribution < -0.4 is 10.5 Å². The number of nitriles is 1. The van der Waals surface area contributed by atoms with Crippen LogP contribution in [-0.4, -0.2) is 29.7 Å².